The highest BCUT2D eigenvalue weighted by atomic mass is 127. The molecule has 2 aromatic rings. The SMILES string of the molecule is CCn1ncc(Br)c1C(=O)c1csc(I)c1. The zero-order valence-electron chi connectivity index (χ0n) is 8.41. The van der Waals surface area contributed by atoms with Gasteiger partial charge in [-0.05, 0) is 51.5 Å². The summed E-state index contributed by atoms with van der Waals surface area (Å²) < 4.78 is 3.57. The highest BCUT2D eigenvalue weighted by Crippen LogP contribution is 2.23. The van der Waals surface area contributed by atoms with Crippen molar-refractivity contribution < 1.29 is 4.79 Å². The lowest BCUT2D eigenvalue weighted by molar-refractivity contribution is 0.102. The fourth-order valence-corrected chi connectivity index (χ4v) is 3.20. The predicted octanol–water partition coefficient (Wildman–Crippen LogP) is 3.56. The van der Waals surface area contributed by atoms with Crippen molar-refractivity contribution in [1.29, 1.82) is 0 Å². The van der Waals surface area contributed by atoms with Gasteiger partial charge in [0.2, 0.25) is 5.78 Å². The summed E-state index contributed by atoms with van der Waals surface area (Å²) in [4.78, 5) is 12.2. The molecule has 16 heavy (non-hydrogen) atoms. The molecule has 84 valence electrons. The predicted molar refractivity (Wildman–Crippen MR) is 76.1 cm³/mol. The molecule has 0 unspecified atom stereocenters. The number of rotatable bonds is 3. The maximum absolute atomic E-state index is 12.2. The maximum Gasteiger partial charge on any atom is 0.213 e. The van der Waals surface area contributed by atoms with Gasteiger partial charge in [0.05, 0.1) is 13.6 Å². The number of ketones is 1. The van der Waals surface area contributed by atoms with E-state index >= 15 is 0 Å². The Bertz CT molecular complexity index is 535. The minimum Gasteiger partial charge on any atom is -0.287 e. The van der Waals surface area contributed by atoms with Crippen molar-refractivity contribution in [3.8, 4) is 0 Å². The van der Waals surface area contributed by atoms with Crippen LogP contribution >= 0.6 is 49.9 Å². The van der Waals surface area contributed by atoms with Crippen LogP contribution in [-0.2, 0) is 6.54 Å². The van der Waals surface area contributed by atoms with Crippen LogP contribution in [0.3, 0.4) is 0 Å². The van der Waals surface area contributed by atoms with Crippen LogP contribution in [0.25, 0.3) is 0 Å². The molecule has 2 heterocycles. The summed E-state index contributed by atoms with van der Waals surface area (Å²) in [5.41, 5.74) is 1.35. The molecule has 0 saturated heterocycles. The summed E-state index contributed by atoms with van der Waals surface area (Å²) >= 11 is 7.14. The first-order valence-corrected chi connectivity index (χ1v) is 7.38. The second kappa shape index (κ2) is 4.97. The van der Waals surface area contributed by atoms with Crippen molar-refractivity contribution in [2.75, 3.05) is 0 Å². The highest BCUT2D eigenvalue weighted by molar-refractivity contribution is 14.1. The molecule has 0 aliphatic rings. The quantitative estimate of drug-likeness (QED) is 0.572. The molecule has 0 spiro atoms. The molecule has 0 radical (unpaired) electrons. The topological polar surface area (TPSA) is 34.9 Å². The average molecular weight is 411 g/mol. The number of hydrogen-bond acceptors (Lipinski definition) is 3. The van der Waals surface area contributed by atoms with E-state index in [1.54, 1.807) is 22.2 Å². The molecule has 3 nitrogen and oxygen atoms in total. The van der Waals surface area contributed by atoms with E-state index in [0.29, 0.717) is 12.2 Å². The molecular formula is C10H8BrIN2OS. The van der Waals surface area contributed by atoms with Crippen LogP contribution in [0.4, 0.5) is 0 Å². The normalized spacial score (nSPS) is 10.7. The molecular weight excluding hydrogens is 403 g/mol. The first kappa shape index (κ1) is 12.3. The smallest absolute Gasteiger partial charge is 0.213 e. The van der Waals surface area contributed by atoms with Crippen molar-refractivity contribution in [3.05, 3.63) is 36.3 Å². The van der Waals surface area contributed by atoms with E-state index in [9.17, 15) is 4.79 Å². The Morgan fingerprint density at radius 2 is 2.44 bits per heavy atom. The number of aryl methyl sites for hydroxylation is 1. The molecule has 0 fully saturated rings. The zero-order chi connectivity index (χ0) is 11.7. The van der Waals surface area contributed by atoms with Crippen LogP contribution in [0.2, 0.25) is 0 Å². The lowest BCUT2D eigenvalue weighted by Gasteiger charge is -2.02. The molecule has 2 rings (SSSR count). The number of carbonyl (C=O) groups is 1. The average Bonchev–Trinajstić information content (AvgIpc) is 2.83. The Labute approximate surface area is 119 Å². The van der Waals surface area contributed by atoms with Gasteiger partial charge in [-0.25, -0.2) is 0 Å². The zero-order valence-corrected chi connectivity index (χ0v) is 13.0. The molecule has 0 aliphatic carbocycles. The summed E-state index contributed by atoms with van der Waals surface area (Å²) in [5, 5.41) is 6.02. The summed E-state index contributed by atoms with van der Waals surface area (Å²) in [7, 11) is 0. The van der Waals surface area contributed by atoms with Crippen LogP contribution in [-0.4, -0.2) is 15.6 Å². The molecule has 0 aliphatic heterocycles. The Kier molecular flexibility index (Phi) is 3.81. The van der Waals surface area contributed by atoms with Crippen molar-refractivity contribution in [3.63, 3.8) is 0 Å². The third-order valence-electron chi connectivity index (χ3n) is 2.14. The third kappa shape index (κ3) is 2.23. The first-order valence-electron chi connectivity index (χ1n) is 4.63. The van der Waals surface area contributed by atoms with E-state index in [1.165, 1.54) is 0 Å². The summed E-state index contributed by atoms with van der Waals surface area (Å²) in [6.07, 6.45) is 1.66. The number of halogens is 2. The number of carbonyl (C=O) groups excluding carboxylic acids is 1. The van der Waals surface area contributed by atoms with Gasteiger partial charge in [-0.15, -0.1) is 11.3 Å². The second-order valence-corrected chi connectivity index (χ2v) is 6.79. The number of aromatic nitrogens is 2. The van der Waals surface area contributed by atoms with E-state index in [2.05, 4.69) is 43.6 Å². The monoisotopic (exact) mass is 410 g/mol. The van der Waals surface area contributed by atoms with Crippen molar-refractivity contribution >= 4 is 55.6 Å². The van der Waals surface area contributed by atoms with E-state index in [-0.39, 0.29) is 5.78 Å². The van der Waals surface area contributed by atoms with Crippen LogP contribution < -0.4 is 0 Å². The first-order chi connectivity index (χ1) is 7.63. The van der Waals surface area contributed by atoms with Gasteiger partial charge >= 0.3 is 0 Å². The molecule has 0 aromatic carbocycles. The number of nitrogens with zero attached hydrogens (tertiary/aromatic N) is 2. The van der Waals surface area contributed by atoms with E-state index < -0.39 is 0 Å². The van der Waals surface area contributed by atoms with Gasteiger partial charge in [-0.2, -0.15) is 5.10 Å². The molecule has 0 saturated carbocycles. The molecule has 6 heteroatoms. The molecule has 0 atom stereocenters. The fraction of sp³-hybridized carbons (Fsp3) is 0.200. The number of hydrogen-bond donors (Lipinski definition) is 0. The third-order valence-corrected chi connectivity index (χ3v) is 4.51. The summed E-state index contributed by atoms with van der Waals surface area (Å²) in [5.74, 6) is 0.0189. The standard InChI is InChI=1S/C10H8BrIN2OS/c1-2-14-9(7(11)4-13-14)10(15)6-3-8(12)16-5-6/h3-5H,2H2,1H3. The molecule has 0 amide bonds. The second-order valence-electron chi connectivity index (χ2n) is 3.13. The van der Waals surface area contributed by atoms with Crippen LogP contribution in [0.5, 0.6) is 0 Å². The van der Waals surface area contributed by atoms with Crippen LogP contribution in [0, 0.1) is 2.88 Å². The largest absolute Gasteiger partial charge is 0.287 e. The van der Waals surface area contributed by atoms with Gasteiger partial charge in [0, 0.05) is 17.5 Å². The maximum atomic E-state index is 12.2. The van der Waals surface area contributed by atoms with Crippen LogP contribution in [0.1, 0.15) is 23.0 Å². The summed E-state index contributed by atoms with van der Waals surface area (Å²) in [6.45, 7) is 2.65. The van der Waals surface area contributed by atoms with E-state index in [1.807, 2.05) is 18.4 Å². The van der Waals surface area contributed by atoms with Crippen molar-refractivity contribution in [2.24, 2.45) is 0 Å². The van der Waals surface area contributed by atoms with Gasteiger partial charge in [0.25, 0.3) is 0 Å². The van der Waals surface area contributed by atoms with E-state index in [4.69, 9.17) is 0 Å². The highest BCUT2D eigenvalue weighted by Gasteiger charge is 2.19. The molecule has 0 N–H and O–H groups in total. The lowest BCUT2D eigenvalue weighted by Crippen LogP contribution is -2.10. The van der Waals surface area contributed by atoms with Gasteiger partial charge in [-0.1, -0.05) is 0 Å². The Morgan fingerprint density at radius 1 is 1.69 bits per heavy atom. The Balaban J connectivity index is 2.44. The van der Waals surface area contributed by atoms with Gasteiger partial charge in [0.15, 0.2) is 0 Å². The Hall–Kier alpha value is -0.210. The van der Waals surface area contributed by atoms with Gasteiger partial charge in [0.1, 0.15) is 5.69 Å². The number of thiophene rings is 1. The van der Waals surface area contributed by atoms with Gasteiger partial charge in [-0.3, -0.25) is 9.48 Å². The minimum atomic E-state index is 0.0189. The Morgan fingerprint density at radius 3 is 3.00 bits per heavy atom. The van der Waals surface area contributed by atoms with Gasteiger partial charge < -0.3 is 0 Å². The fourth-order valence-electron chi connectivity index (χ4n) is 1.39. The molecule has 0 bridgehead atoms. The van der Waals surface area contributed by atoms with Crippen molar-refractivity contribution in [2.45, 2.75) is 13.5 Å². The van der Waals surface area contributed by atoms with E-state index in [0.717, 1.165) is 12.9 Å². The molecule has 2 aromatic heterocycles. The minimum absolute atomic E-state index is 0.0189. The van der Waals surface area contributed by atoms with Crippen LogP contribution in [0.15, 0.2) is 22.1 Å². The van der Waals surface area contributed by atoms with Crippen molar-refractivity contribution in [1.82, 2.24) is 9.78 Å². The lowest BCUT2D eigenvalue weighted by atomic mass is 10.1. The summed E-state index contributed by atoms with van der Waals surface area (Å²) in [6, 6.07) is 1.90.